The van der Waals surface area contributed by atoms with E-state index in [-0.39, 0.29) is 0 Å². The summed E-state index contributed by atoms with van der Waals surface area (Å²) in [5, 5.41) is 5.68. The fourth-order valence-corrected chi connectivity index (χ4v) is 9.11. The molecule has 0 N–H and O–H groups in total. The molecule has 0 fully saturated rings. The van der Waals surface area contributed by atoms with Gasteiger partial charge in [-0.2, -0.15) is 0 Å². The third kappa shape index (κ3) is 4.32. The van der Waals surface area contributed by atoms with Gasteiger partial charge in [0.2, 0.25) is 5.78 Å². The molecule has 0 spiro atoms. The third-order valence-corrected chi connectivity index (χ3v) is 11.5. The first-order chi connectivity index (χ1) is 28.2. The number of hydrogen-bond donors (Lipinski definition) is 0. The summed E-state index contributed by atoms with van der Waals surface area (Å²) in [6.45, 7) is 8.58. The minimum atomic E-state index is 0.804. The van der Waals surface area contributed by atoms with Crippen LogP contribution in [-0.4, -0.2) is 23.1 Å². The molecule has 0 saturated heterocycles. The highest BCUT2D eigenvalue weighted by molar-refractivity contribution is 6.12. The normalized spacial score (nSPS) is 12.0. The topological polar surface area (TPSA) is 45.2 Å². The van der Waals surface area contributed by atoms with Gasteiger partial charge in [-0.15, -0.1) is 0 Å². The van der Waals surface area contributed by atoms with Crippen LogP contribution in [0.4, 0.5) is 0 Å². The smallest absolute Gasteiger partial charge is 0.221 e. The summed E-state index contributed by atoms with van der Waals surface area (Å²) in [7, 11) is 0. The fourth-order valence-electron chi connectivity index (χ4n) is 9.11. The van der Waals surface area contributed by atoms with E-state index in [4.69, 9.17) is 9.40 Å². The zero-order chi connectivity index (χ0) is 37.8. The molecule has 0 atom stereocenters. The van der Waals surface area contributed by atoms with Gasteiger partial charge < -0.3 is 8.98 Å². The number of aromatic nitrogens is 5. The monoisotopic (exact) mass is 731 g/mol. The molecule has 5 aromatic heterocycles. The molecule has 7 aromatic carbocycles. The van der Waals surface area contributed by atoms with Crippen LogP contribution in [-0.2, 0) is 0 Å². The molecule has 6 heteroatoms. The first-order valence-corrected chi connectivity index (χ1v) is 19.1. The first-order valence-electron chi connectivity index (χ1n) is 19.1. The Balaban J connectivity index is 1.05. The van der Waals surface area contributed by atoms with Crippen LogP contribution in [0, 0.1) is 0 Å². The molecule has 0 aliphatic rings. The summed E-state index contributed by atoms with van der Waals surface area (Å²) in [4.78, 5) is 5.40. The van der Waals surface area contributed by atoms with E-state index in [1.54, 1.807) is 0 Å². The summed E-state index contributed by atoms with van der Waals surface area (Å²) in [5.74, 6) is 0.804. The lowest BCUT2D eigenvalue weighted by Crippen LogP contribution is -1.99. The van der Waals surface area contributed by atoms with Crippen molar-refractivity contribution in [1.82, 2.24) is 23.1 Å². The van der Waals surface area contributed by atoms with Crippen molar-refractivity contribution < 1.29 is 4.42 Å². The van der Waals surface area contributed by atoms with Gasteiger partial charge in [-0.3, -0.25) is 13.5 Å². The van der Waals surface area contributed by atoms with Crippen LogP contribution >= 0.6 is 0 Å². The second-order valence-electron chi connectivity index (χ2n) is 14.5. The van der Waals surface area contributed by atoms with E-state index >= 15 is 0 Å². The molecule has 0 radical (unpaired) electrons. The molecule has 12 rings (SSSR count). The lowest BCUT2D eigenvalue weighted by molar-refractivity contribution is 0.670. The van der Waals surface area contributed by atoms with Crippen molar-refractivity contribution in [3.05, 3.63) is 188 Å². The quantitative estimate of drug-likeness (QED) is 0.171. The van der Waals surface area contributed by atoms with Crippen molar-refractivity contribution in [2.45, 2.75) is 0 Å². The molecule has 0 aliphatic carbocycles. The summed E-state index contributed by atoms with van der Waals surface area (Å²) in [6, 6.07) is 57.7. The molecule has 0 saturated carbocycles. The molecule has 0 bridgehead atoms. The Labute approximate surface area is 326 Å². The fraction of sp³-hybridized carbons (Fsp3) is 0. The number of nitrogens with zero attached hydrogens (tertiary/aromatic N) is 5. The average Bonchev–Trinajstić information content (AvgIpc) is 4.06. The van der Waals surface area contributed by atoms with E-state index in [1.807, 2.05) is 30.4 Å². The summed E-state index contributed by atoms with van der Waals surface area (Å²) >= 11 is 0. The zero-order valence-corrected chi connectivity index (χ0v) is 30.8. The zero-order valence-electron chi connectivity index (χ0n) is 30.8. The Kier molecular flexibility index (Phi) is 6.54. The molecule has 5 heterocycles. The lowest BCUT2D eigenvalue weighted by atomic mass is 10.0. The second kappa shape index (κ2) is 11.8. The van der Waals surface area contributed by atoms with E-state index in [9.17, 15) is 0 Å². The van der Waals surface area contributed by atoms with Crippen molar-refractivity contribution >= 4 is 83.7 Å². The van der Waals surface area contributed by atoms with Crippen LogP contribution < -0.4 is 0 Å². The molecule has 12 aromatic rings. The van der Waals surface area contributed by atoms with Gasteiger partial charge in [-0.05, 0) is 78.4 Å². The highest BCUT2D eigenvalue weighted by atomic mass is 16.3. The largest absolute Gasteiger partial charge is 0.455 e. The van der Waals surface area contributed by atoms with Crippen molar-refractivity contribution in [1.29, 1.82) is 0 Å². The average molecular weight is 732 g/mol. The first kappa shape index (κ1) is 31.5. The van der Waals surface area contributed by atoms with Gasteiger partial charge in [0.25, 0.3) is 0 Å². The Hall–Kier alpha value is -7.83. The van der Waals surface area contributed by atoms with Gasteiger partial charge in [-0.1, -0.05) is 116 Å². The molecule has 0 amide bonds. The number of rotatable bonds is 6. The third-order valence-electron chi connectivity index (χ3n) is 11.5. The minimum absolute atomic E-state index is 0.804. The summed E-state index contributed by atoms with van der Waals surface area (Å²) < 4.78 is 15.5. The summed E-state index contributed by atoms with van der Waals surface area (Å²) in [6.07, 6.45) is 3.82. The van der Waals surface area contributed by atoms with Crippen molar-refractivity contribution in [3.63, 3.8) is 0 Å². The maximum Gasteiger partial charge on any atom is 0.221 e. The SMILES string of the molecule is C=Cc1c(C=C)n2c(nc3c4ccccc4n(-c4ccccc4)c32)n1-c1ccc2c(c1)c1ccccc1n2-c1ccc(-c2cccc3c2oc2ccccc23)cc1. The lowest BCUT2D eigenvalue weighted by Gasteiger charge is -2.11. The highest BCUT2D eigenvalue weighted by Crippen LogP contribution is 2.40. The van der Waals surface area contributed by atoms with Crippen molar-refractivity contribution in [3.8, 4) is 28.2 Å². The standard InChI is InChI=1S/C51H33N5O/c1-3-42-43(4-2)56-50-48(40-19-9-12-23-45(40)54(50)33-15-6-5-7-16-33)52-51(56)55(42)35-29-30-46-41(31-35)37-17-8-11-22-44(37)53(46)34-27-25-32(26-28-34)36-20-14-21-39-38-18-10-13-24-47(38)57-49(36)39/h3-31H,1-2H2. The van der Waals surface area contributed by atoms with Crippen LogP contribution in [0.5, 0.6) is 0 Å². The molecule has 268 valence electrons. The molecule has 6 nitrogen and oxygen atoms in total. The number of fused-ring (bicyclic) bond motifs is 11. The summed E-state index contributed by atoms with van der Waals surface area (Å²) in [5.41, 5.74) is 14.3. The number of furan rings is 1. The number of para-hydroxylation sites is 5. The Morgan fingerprint density at radius 2 is 1.11 bits per heavy atom. The predicted molar refractivity (Wildman–Crippen MR) is 236 cm³/mol. The molecule has 0 unspecified atom stereocenters. The van der Waals surface area contributed by atoms with E-state index in [1.165, 1.54) is 5.39 Å². The molecular weight excluding hydrogens is 699 g/mol. The number of benzene rings is 7. The Morgan fingerprint density at radius 3 is 1.89 bits per heavy atom. The highest BCUT2D eigenvalue weighted by Gasteiger charge is 2.25. The molecule has 0 aliphatic heterocycles. The molecular formula is C51H33N5O. The van der Waals surface area contributed by atoms with Crippen LogP contribution in [0.2, 0.25) is 0 Å². The van der Waals surface area contributed by atoms with E-state index in [2.05, 4.69) is 177 Å². The number of hydrogen-bond acceptors (Lipinski definition) is 2. The van der Waals surface area contributed by atoms with Gasteiger partial charge in [0.05, 0.1) is 27.9 Å². The maximum atomic E-state index is 6.39. The van der Waals surface area contributed by atoms with Gasteiger partial charge >= 0.3 is 0 Å². The van der Waals surface area contributed by atoms with Gasteiger partial charge in [0.1, 0.15) is 16.7 Å². The Bertz CT molecular complexity index is 3610. The van der Waals surface area contributed by atoms with Crippen molar-refractivity contribution in [2.75, 3.05) is 0 Å². The van der Waals surface area contributed by atoms with Crippen LogP contribution in [0.1, 0.15) is 11.4 Å². The maximum absolute atomic E-state index is 6.39. The molecule has 57 heavy (non-hydrogen) atoms. The van der Waals surface area contributed by atoms with Gasteiger partial charge in [0, 0.05) is 49.6 Å². The van der Waals surface area contributed by atoms with Crippen LogP contribution in [0.15, 0.2) is 181 Å². The van der Waals surface area contributed by atoms with Gasteiger partial charge in [-0.25, -0.2) is 4.98 Å². The number of imidazole rings is 2. The van der Waals surface area contributed by atoms with Crippen LogP contribution in [0.25, 0.3) is 112 Å². The van der Waals surface area contributed by atoms with Gasteiger partial charge in [0.15, 0.2) is 5.65 Å². The van der Waals surface area contributed by atoms with E-state index in [0.29, 0.717) is 0 Å². The van der Waals surface area contributed by atoms with Crippen molar-refractivity contribution in [2.24, 2.45) is 0 Å². The van der Waals surface area contributed by atoms with E-state index < -0.39 is 0 Å². The minimum Gasteiger partial charge on any atom is -0.455 e. The van der Waals surface area contributed by atoms with E-state index in [0.717, 1.165) is 106 Å². The second-order valence-corrected chi connectivity index (χ2v) is 14.5. The predicted octanol–water partition coefficient (Wildman–Crippen LogP) is 13.2. The Morgan fingerprint density at radius 1 is 0.474 bits per heavy atom. The van der Waals surface area contributed by atoms with Crippen LogP contribution in [0.3, 0.4) is 0 Å².